The summed E-state index contributed by atoms with van der Waals surface area (Å²) in [5, 5.41) is 4.82. The molecule has 2 aromatic carbocycles. The van der Waals surface area contributed by atoms with Gasteiger partial charge in [0, 0.05) is 41.9 Å². The number of hydrogen-bond acceptors (Lipinski definition) is 3. The van der Waals surface area contributed by atoms with Gasteiger partial charge in [0.2, 0.25) is 0 Å². The average Bonchev–Trinajstić information content (AvgIpc) is 3.47. The van der Waals surface area contributed by atoms with Crippen LogP contribution >= 0.6 is 0 Å². The van der Waals surface area contributed by atoms with Crippen LogP contribution in [0.2, 0.25) is 0 Å². The van der Waals surface area contributed by atoms with Crippen LogP contribution in [0.4, 0.5) is 5.69 Å². The van der Waals surface area contributed by atoms with E-state index in [2.05, 4.69) is 57.5 Å². The minimum Gasteiger partial charge on any atom is -0.497 e. The number of likely N-dealkylation sites (tertiary alicyclic amines) is 1. The van der Waals surface area contributed by atoms with Crippen LogP contribution in [0.3, 0.4) is 0 Å². The van der Waals surface area contributed by atoms with Gasteiger partial charge in [0.05, 0.1) is 24.0 Å². The average molecular weight is 412 g/mol. The third-order valence-electron chi connectivity index (χ3n) is 6.74. The molecule has 0 radical (unpaired) electrons. The number of carbonyl (C=O) groups is 1. The fraction of sp³-hybridized carbons (Fsp3) is 0.240. The molecule has 2 N–H and O–H groups in total. The number of ether oxygens (including phenoxy) is 1. The van der Waals surface area contributed by atoms with Crippen molar-refractivity contribution in [2.24, 2.45) is 0 Å². The van der Waals surface area contributed by atoms with Gasteiger partial charge in [-0.25, -0.2) is 0 Å². The molecule has 6 nitrogen and oxygen atoms in total. The van der Waals surface area contributed by atoms with E-state index in [1.54, 1.807) is 7.11 Å². The van der Waals surface area contributed by atoms with Gasteiger partial charge < -0.3 is 24.5 Å². The molecule has 1 saturated heterocycles. The zero-order valence-corrected chi connectivity index (χ0v) is 17.4. The number of para-hydroxylation sites is 2. The highest BCUT2D eigenvalue weighted by molar-refractivity contribution is 5.98. The smallest absolute Gasteiger partial charge is 0.270 e. The van der Waals surface area contributed by atoms with E-state index < -0.39 is 0 Å². The molecule has 1 fully saturated rings. The van der Waals surface area contributed by atoms with Crippen LogP contribution < -0.4 is 10.1 Å². The van der Waals surface area contributed by atoms with Crippen LogP contribution in [-0.4, -0.2) is 40.6 Å². The molecule has 31 heavy (non-hydrogen) atoms. The molecule has 1 spiro atoms. The largest absolute Gasteiger partial charge is 0.497 e. The van der Waals surface area contributed by atoms with Crippen LogP contribution in [0.5, 0.6) is 5.75 Å². The van der Waals surface area contributed by atoms with E-state index in [4.69, 9.17) is 4.74 Å². The fourth-order valence-electron chi connectivity index (χ4n) is 5.08. The van der Waals surface area contributed by atoms with E-state index in [0.29, 0.717) is 18.8 Å². The van der Waals surface area contributed by atoms with Crippen molar-refractivity contribution < 1.29 is 9.53 Å². The van der Waals surface area contributed by atoms with Gasteiger partial charge in [0.1, 0.15) is 11.4 Å². The monoisotopic (exact) mass is 412 g/mol. The Hall–Kier alpha value is -3.67. The number of carbonyl (C=O) groups excluding carboxylic acids is 1. The highest BCUT2D eigenvalue weighted by Gasteiger charge is 2.42. The molecule has 6 heteroatoms. The number of benzene rings is 2. The Labute approximate surface area is 180 Å². The highest BCUT2D eigenvalue weighted by atomic mass is 16.5. The first-order valence-electron chi connectivity index (χ1n) is 10.7. The molecule has 1 amide bonds. The number of nitrogens with zero attached hydrogens (tertiary/aromatic N) is 2. The molecule has 0 saturated carbocycles. The van der Waals surface area contributed by atoms with Gasteiger partial charge in [-0.15, -0.1) is 0 Å². The number of rotatable bonds is 2. The van der Waals surface area contributed by atoms with Crippen molar-refractivity contribution in [1.82, 2.24) is 14.5 Å². The molecule has 0 atom stereocenters. The van der Waals surface area contributed by atoms with Crippen molar-refractivity contribution in [3.63, 3.8) is 0 Å². The Bertz CT molecular complexity index is 1290. The summed E-state index contributed by atoms with van der Waals surface area (Å²) in [6.07, 6.45) is 3.86. The fourth-order valence-corrected chi connectivity index (χ4v) is 5.08. The lowest BCUT2D eigenvalue weighted by atomic mass is 9.82. The minimum atomic E-state index is -0.150. The summed E-state index contributed by atoms with van der Waals surface area (Å²) < 4.78 is 7.58. The Morgan fingerprint density at radius 2 is 1.87 bits per heavy atom. The van der Waals surface area contributed by atoms with Gasteiger partial charge in [0.25, 0.3) is 5.91 Å². The predicted molar refractivity (Wildman–Crippen MR) is 121 cm³/mol. The number of hydrogen-bond donors (Lipinski definition) is 2. The molecule has 4 aromatic rings. The Kier molecular flexibility index (Phi) is 3.90. The van der Waals surface area contributed by atoms with Gasteiger partial charge in [-0.05, 0) is 55.3 Å². The zero-order chi connectivity index (χ0) is 21.0. The van der Waals surface area contributed by atoms with Crippen molar-refractivity contribution >= 4 is 22.5 Å². The number of anilines is 1. The number of fused-ring (bicyclic) bond motifs is 5. The molecule has 2 aromatic heterocycles. The molecule has 0 aliphatic carbocycles. The maximum atomic E-state index is 13.2. The van der Waals surface area contributed by atoms with E-state index in [0.717, 1.165) is 35.2 Å². The van der Waals surface area contributed by atoms with E-state index in [-0.39, 0.29) is 11.4 Å². The number of H-pyrrole nitrogens is 1. The van der Waals surface area contributed by atoms with Crippen molar-refractivity contribution in [2.75, 3.05) is 25.5 Å². The predicted octanol–water partition coefficient (Wildman–Crippen LogP) is 4.52. The second-order valence-electron chi connectivity index (χ2n) is 8.42. The topological polar surface area (TPSA) is 62.3 Å². The summed E-state index contributed by atoms with van der Waals surface area (Å²) in [5.41, 5.74) is 5.00. The second kappa shape index (κ2) is 6.67. The van der Waals surface area contributed by atoms with Crippen LogP contribution in [0, 0.1) is 0 Å². The van der Waals surface area contributed by atoms with Crippen LogP contribution in [0.25, 0.3) is 16.6 Å². The highest BCUT2D eigenvalue weighted by Crippen LogP contribution is 2.43. The lowest BCUT2D eigenvalue weighted by Crippen LogP contribution is -2.51. The van der Waals surface area contributed by atoms with E-state index >= 15 is 0 Å². The molecule has 156 valence electrons. The van der Waals surface area contributed by atoms with Crippen molar-refractivity contribution in [3.05, 3.63) is 78.2 Å². The molecular weight excluding hydrogens is 388 g/mol. The van der Waals surface area contributed by atoms with Gasteiger partial charge in [-0.2, -0.15) is 0 Å². The lowest BCUT2D eigenvalue weighted by molar-refractivity contribution is 0.0671. The van der Waals surface area contributed by atoms with E-state index in [1.165, 1.54) is 11.4 Å². The van der Waals surface area contributed by atoms with Crippen LogP contribution in [0.15, 0.2) is 66.9 Å². The van der Waals surface area contributed by atoms with Crippen LogP contribution in [0.1, 0.15) is 29.0 Å². The van der Waals surface area contributed by atoms with Gasteiger partial charge >= 0.3 is 0 Å². The van der Waals surface area contributed by atoms with Gasteiger partial charge in [-0.1, -0.05) is 12.1 Å². The first-order chi connectivity index (χ1) is 15.2. The number of piperidine rings is 1. The number of nitrogens with one attached hydrogen (secondary N) is 2. The van der Waals surface area contributed by atoms with E-state index in [9.17, 15) is 4.79 Å². The number of aromatic amines is 1. The summed E-state index contributed by atoms with van der Waals surface area (Å²) in [6.45, 7) is 1.41. The quantitative estimate of drug-likeness (QED) is 0.509. The number of methoxy groups -OCH3 is 1. The molecule has 2 aliphatic heterocycles. The van der Waals surface area contributed by atoms with Gasteiger partial charge in [-0.3, -0.25) is 4.79 Å². The first-order valence-corrected chi connectivity index (χ1v) is 10.7. The van der Waals surface area contributed by atoms with E-state index in [1.807, 2.05) is 29.2 Å². The number of amides is 1. The summed E-state index contributed by atoms with van der Waals surface area (Å²) in [7, 11) is 1.65. The summed E-state index contributed by atoms with van der Waals surface area (Å²) in [5.74, 6) is 0.830. The zero-order valence-electron chi connectivity index (χ0n) is 17.4. The Morgan fingerprint density at radius 1 is 1.03 bits per heavy atom. The van der Waals surface area contributed by atoms with Crippen molar-refractivity contribution in [2.45, 2.75) is 18.4 Å². The molecule has 6 rings (SSSR count). The Morgan fingerprint density at radius 3 is 2.71 bits per heavy atom. The second-order valence-corrected chi connectivity index (χ2v) is 8.42. The summed E-state index contributed by atoms with van der Waals surface area (Å²) in [4.78, 5) is 18.5. The molecular formula is C25H24N4O2. The maximum absolute atomic E-state index is 13.2. The minimum absolute atomic E-state index is 0.0524. The van der Waals surface area contributed by atoms with Crippen LogP contribution in [-0.2, 0) is 5.54 Å². The first kappa shape index (κ1) is 18.1. The number of aromatic nitrogens is 2. The summed E-state index contributed by atoms with van der Waals surface area (Å²) in [6, 6.07) is 20.5. The molecule has 0 unspecified atom stereocenters. The van der Waals surface area contributed by atoms with Crippen molar-refractivity contribution in [3.8, 4) is 11.4 Å². The SMILES string of the molecule is COc1ccc2cc(C(=O)N3CCC4(CC3)Nc3ccccc3-n3cccc34)[nH]c2c1. The van der Waals surface area contributed by atoms with Gasteiger partial charge in [0.15, 0.2) is 0 Å². The third-order valence-corrected chi connectivity index (χ3v) is 6.74. The Balaban J connectivity index is 1.25. The normalized spacial score (nSPS) is 16.6. The molecule has 4 heterocycles. The summed E-state index contributed by atoms with van der Waals surface area (Å²) >= 11 is 0. The lowest BCUT2D eigenvalue weighted by Gasteiger charge is -2.46. The van der Waals surface area contributed by atoms with Crippen molar-refractivity contribution in [1.29, 1.82) is 0 Å². The maximum Gasteiger partial charge on any atom is 0.270 e. The standard InChI is InChI=1S/C25H24N4O2/c1-31-18-9-8-17-15-21(26-20(17)16-18)24(30)28-13-10-25(11-14-28)23-7-4-12-29(23)22-6-3-2-5-19(22)27-25/h2-9,12,15-16,26-27H,10-11,13-14H2,1H3. The molecule has 2 aliphatic rings. The third kappa shape index (κ3) is 2.75. The molecule has 0 bridgehead atoms.